The van der Waals surface area contributed by atoms with Gasteiger partial charge >= 0.3 is 0 Å². The third kappa shape index (κ3) is 13.9. The summed E-state index contributed by atoms with van der Waals surface area (Å²) in [6.07, 6.45) is 1.26. The van der Waals surface area contributed by atoms with Gasteiger partial charge in [-0.05, 0) is 123 Å². The van der Waals surface area contributed by atoms with Crippen LogP contribution in [0.1, 0.15) is 45.7 Å². The third-order valence-corrected chi connectivity index (χ3v) is 9.50. The number of ketones is 2. The van der Waals surface area contributed by atoms with Crippen LogP contribution in [0.15, 0.2) is 130 Å². The summed E-state index contributed by atoms with van der Waals surface area (Å²) in [5, 5.41) is 27.1. The Morgan fingerprint density at radius 3 is 1.24 bits per heavy atom. The summed E-state index contributed by atoms with van der Waals surface area (Å²) < 4.78 is 0. The van der Waals surface area contributed by atoms with Crippen LogP contribution in [0.25, 0.3) is 0 Å². The average molecular weight is 917 g/mol. The second kappa shape index (κ2) is 22.5. The molecule has 5 rings (SSSR count). The molecule has 62 heavy (non-hydrogen) atoms. The zero-order valence-electron chi connectivity index (χ0n) is 33.1. The van der Waals surface area contributed by atoms with Crippen LogP contribution in [-0.2, 0) is 32.0 Å². The van der Waals surface area contributed by atoms with Gasteiger partial charge in [0, 0.05) is 55.7 Å². The molecule has 0 saturated carbocycles. The number of amides is 4. The first kappa shape index (κ1) is 46.7. The number of benzene rings is 5. The van der Waals surface area contributed by atoms with Crippen molar-refractivity contribution in [3.8, 4) is 0 Å². The molecule has 0 aliphatic rings. The number of hydrogen-bond acceptors (Lipinski definition) is 10. The monoisotopic (exact) mass is 914 g/mol. The Morgan fingerprint density at radius 2 is 0.887 bits per heavy atom. The number of azo groups is 2. The van der Waals surface area contributed by atoms with Crippen LogP contribution in [0.5, 0.6) is 0 Å². The van der Waals surface area contributed by atoms with Crippen molar-refractivity contribution in [1.29, 1.82) is 0 Å². The fourth-order valence-electron chi connectivity index (χ4n) is 5.70. The summed E-state index contributed by atoms with van der Waals surface area (Å²) in [4.78, 5) is 77.3. The lowest BCUT2D eigenvalue weighted by Crippen LogP contribution is -2.32. The molecule has 2 unspecified atom stereocenters. The Hall–Kier alpha value is -6.32. The first-order chi connectivity index (χ1) is 29.7. The Balaban J connectivity index is 1.20. The molecule has 0 spiro atoms. The average Bonchev–Trinajstić information content (AvgIpc) is 3.21. The molecule has 0 saturated heterocycles. The van der Waals surface area contributed by atoms with Gasteiger partial charge in [0.1, 0.15) is 0 Å². The van der Waals surface area contributed by atoms with E-state index in [2.05, 4.69) is 41.7 Å². The van der Waals surface area contributed by atoms with Crippen molar-refractivity contribution >= 4 is 116 Å². The van der Waals surface area contributed by atoms with Crippen LogP contribution in [0.3, 0.4) is 0 Å². The quantitative estimate of drug-likeness (QED) is 0.0383. The van der Waals surface area contributed by atoms with Gasteiger partial charge in [0.15, 0.2) is 11.6 Å². The summed E-state index contributed by atoms with van der Waals surface area (Å²) in [5.41, 5.74) is 4.10. The number of Topliss-reactive ketones (excluding diaryl/α,β-unsaturated/α-hetero) is 2. The van der Waals surface area contributed by atoms with Crippen molar-refractivity contribution in [1.82, 2.24) is 0 Å². The maximum atomic E-state index is 13.2. The van der Waals surface area contributed by atoms with E-state index in [0.717, 1.165) is 11.1 Å². The summed E-state index contributed by atoms with van der Waals surface area (Å²) in [7, 11) is 0. The molecule has 0 fully saturated rings. The van der Waals surface area contributed by atoms with Gasteiger partial charge < -0.3 is 21.3 Å². The van der Waals surface area contributed by atoms with E-state index in [9.17, 15) is 28.8 Å². The highest BCUT2D eigenvalue weighted by atomic mass is 35.5. The van der Waals surface area contributed by atoms with E-state index in [1.165, 1.54) is 74.5 Å². The van der Waals surface area contributed by atoms with Gasteiger partial charge in [0.2, 0.25) is 12.1 Å². The molecule has 5 aromatic rings. The van der Waals surface area contributed by atoms with Gasteiger partial charge in [-0.3, -0.25) is 28.8 Å². The van der Waals surface area contributed by atoms with Crippen LogP contribution >= 0.6 is 46.4 Å². The van der Waals surface area contributed by atoms with Gasteiger partial charge in [-0.15, -0.1) is 23.2 Å². The van der Waals surface area contributed by atoms with Crippen LogP contribution < -0.4 is 21.3 Å². The van der Waals surface area contributed by atoms with Crippen molar-refractivity contribution in [3.05, 3.63) is 141 Å². The number of nitrogens with one attached hydrogen (secondary N) is 4. The minimum absolute atomic E-state index is 0.127. The van der Waals surface area contributed by atoms with Gasteiger partial charge in [0.25, 0.3) is 23.6 Å². The number of hydrogen-bond donors (Lipinski definition) is 4. The van der Waals surface area contributed by atoms with E-state index >= 15 is 0 Å². The Morgan fingerprint density at radius 1 is 0.500 bits per heavy atom. The Kier molecular flexibility index (Phi) is 17.0. The predicted molar refractivity (Wildman–Crippen MR) is 242 cm³/mol. The number of nitrogens with zero attached hydrogens (tertiary/aromatic N) is 4. The van der Waals surface area contributed by atoms with Gasteiger partial charge in [0.05, 0.1) is 11.4 Å². The second-order valence-corrected chi connectivity index (χ2v) is 15.2. The summed E-state index contributed by atoms with van der Waals surface area (Å²) in [6.45, 7) is 2.35. The molecule has 0 bridgehead atoms. The molecule has 14 nitrogen and oxygen atoms in total. The Bertz CT molecular complexity index is 2380. The topological polar surface area (TPSA) is 200 Å². The molecule has 0 aromatic heterocycles. The molecular formula is C44H38Cl4N8O6. The number of alkyl halides is 2. The largest absolute Gasteiger partial charge is 0.324 e. The fraction of sp³-hybridized carbons (Fsp3) is 0.182. The molecule has 4 amide bonds. The molecule has 0 heterocycles. The summed E-state index contributed by atoms with van der Waals surface area (Å²) >= 11 is 24.2. The van der Waals surface area contributed by atoms with Crippen LogP contribution in [-0.4, -0.2) is 59.0 Å². The van der Waals surface area contributed by atoms with Crippen LogP contribution in [0.4, 0.5) is 34.1 Å². The molecule has 0 aliphatic carbocycles. The van der Waals surface area contributed by atoms with E-state index in [4.69, 9.17) is 46.4 Å². The number of carbonyl (C=O) groups excluding carboxylic acids is 6. The molecule has 5 aromatic carbocycles. The summed E-state index contributed by atoms with van der Waals surface area (Å²) in [6, 6.07) is 25.7. The maximum absolute atomic E-state index is 13.2. The SMILES string of the molecule is CC(=O)C(N=Nc1cc(Cl)cc(C(=O)Nc2cccc(CCCl)c2)c1)C(=O)Nc1ccc(NC(=O)C(N=Nc2cc(Cl)cc(C(=O)Nc3cccc(CCCl)c3)c2)C(C)=O)cc1. The van der Waals surface area contributed by atoms with Gasteiger partial charge in [-0.2, -0.15) is 20.5 Å². The predicted octanol–water partition coefficient (Wildman–Crippen LogP) is 10.4. The molecule has 0 radical (unpaired) electrons. The molecule has 2 atom stereocenters. The number of halogens is 4. The minimum Gasteiger partial charge on any atom is -0.324 e. The normalized spacial score (nSPS) is 12.1. The standard InChI is InChI=1S/C44H38Cl4N8O6/c1-25(57)39(55-53-37-21-29(19-31(47)23-37)41(59)51-35-7-3-5-27(17-35)13-15-45)43(61)49-33-9-11-34(12-10-33)50-44(62)40(26(2)58)56-54-38-22-30(20-32(48)24-38)42(60)52-36-8-4-6-28(18-36)14-16-46/h3-12,17-24,39-40H,13-16H2,1-2H3,(H,49,61)(H,50,62)(H,51,59)(H,52,60). The lowest BCUT2D eigenvalue weighted by atomic mass is 10.1. The third-order valence-electron chi connectivity index (χ3n) is 8.69. The molecule has 18 heteroatoms. The van der Waals surface area contributed by atoms with Crippen molar-refractivity contribution < 1.29 is 28.8 Å². The zero-order chi connectivity index (χ0) is 44.8. The lowest BCUT2D eigenvalue weighted by Gasteiger charge is -2.12. The van der Waals surface area contributed by atoms with Crippen molar-refractivity contribution in [3.63, 3.8) is 0 Å². The van der Waals surface area contributed by atoms with Crippen LogP contribution in [0, 0.1) is 0 Å². The molecule has 0 aliphatic heterocycles. The van der Waals surface area contributed by atoms with Crippen molar-refractivity contribution in [2.45, 2.75) is 38.8 Å². The highest BCUT2D eigenvalue weighted by Crippen LogP contribution is 2.26. The van der Waals surface area contributed by atoms with Gasteiger partial charge in [-0.1, -0.05) is 47.5 Å². The minimum atomic E-state index is -1.56. The van der Waals surface area contributed by atoms with E-state index in [1.54, 1.807) is 36.4 Å². The molecular weight excluding hydrogens is 878 g/mol. The number of carbonyl (C=O) groups is 6. The molecule has 318 valence electrons. The lowest BCUT2D eigenvalue weighted by molar-refractivity contribution is -0.127. The Labute approximate surface area is 376 Å². The molecule has 4 N–H and O–H groups in total. The maximum Gasteiger partial charge on any atom is 0.258 e. The van der Waals surface area contributed by atoms with Crippen LogP contribution in [0.2, 0.25) is 10.0 Å². The number of rotatable bonds is 18. The fourth-order valence-corrected chi connectivity index (χ4v) is 6.60. The zero-order valence-corrected chi connectivity index (χ0v) is 36.1. The van der Waals surface area contributed by atoms with E-state index < -0.39 is 47.3 Å². The number of aryl methyl sites for hydroxylation is 2. The highest BCUT2D eigenvalue weighted by molar-refractivity contribution is 6.31. The summed E-state index contributed by atoms with van der Waals surface area (Å²) in [5.74, 6) is -2.91. The first-order valence-electron chi connectivity index (χ1n) is 18.8. The van der Waals surface area contributed by atoms with Crippen molar-refractivity contribution in [2.75, 3.05) is 33.0 Å². The smallest absolute Gasteiger partial charge is 0.258 e. The van der Waals surface area contributed by atoms with Gasteiger partial charge in [-0.25, -0.2) is 0 Å². The van der Waals surface area contributed by atoms with Crippen molar-refractivity contribution in [2.24, 2.45) is 20.5 Å². The second-order valence-electron chi connectivity index (χ2n) is 13.6. The first-order valence-corrected chi connectivity index (χ1v) is 20.6. The van der Waals surface area contributed by atoms with E-state index in [0.29, 0.717) is 36.0 Å². The van der Waals surface area contributed by atoms with E-state index in [-0.39, 0.29) is 43.9 Å². The highest BCUT2D eigenvalue weighted by Gasteiger charge is 2.25. The number of anilines is 4. The van der Waals surface area contributed by atoms with E-state index in [1.807, 2.05) is 12.1 Å².